The number of hydrogen-bond donors (Lipinski definition) is 1. The van der Waals surface area contributed by atoms with Crippen molar-refractivity contribution in [1.82, 2.24) is 8.87 Å². The van der Waals surface area contributed by atoms with Gasteiger partial charge in [-0.05, 0) is 37.2 Å². The first-order chi connectivity index (χ1) is 9.93. The Kier molecular flexibility index (Phi) is 3.88. The lowest BCUT2D eigenvalue weighted by Gasteiger charge is -2.17. The van der Waals surface area contributed by atoms with Crippen LogP contribution in [0.2, 0.25) is 0 Å². The number of nitrogens with zero attached hydrogens (tertiary/aromatic N) is 2. The van der Waals surface area contributed by atoms with Crippen molar-refractivity contribution >= 4 is 10.0 Å². The molecule has 1 unspecified atom stereocenters. The van der Waals surface area contributed by atoms with Crippen LogP contribution in [0.4, 0.5) is 0 Å². The van der Waals surface area contributed by atoms with Crippen LogP contribution in [0.5, 0.6) is 0 Å². The van der Waals surface area contributed by atoms with Gasteiger partial charge in [0.2, 0.25) is 10.0 Å². The maximum absolute atomic E-state index is 12.8. The van der Waals surface area contributed by atoms with E-state index in [1.807, 2.05) is 0 Å². The molecule has 0 radical (unpaired) electrons. The number of nitrogens with two attached hydrogens (primary N) is 1. The Hall–Kier alpha value is -0.850. The van der Waals surface area contributed by atoms with Crippen molar-refractivity contribution in [3.05, 3.63) is 18.0 Å². The smallest absolute Gasteiger partial charge is 0.244 e. The van der Waals surface area contributed by atoms with Crippen molar-refractivity contribution in [1.29, 1.82) is 0 Å². The largest absolute Gasteiger partial charge is 0.346 e. The number of hydrogen-bond acceptors (Lipinski definition) is 3. The molecule has 0 aromatic carbocycles. The van der Waals surface area contributed by atoms with Gasteiger partial charge >= 0.3 is 0 Å². The molecule has 0 bridgehead atoms. The van der Waals surface area contributed by atoms with Crippen LogP contribution in [-0.2, 0) is 16.6 Å². The third-order valence-electron chi connectivity index (χ3n) is 4.82. The fourth-order valence-corrected chi connectivity index (χ4v) is 4.72. The van der Waals surface area contributed by atoms with Crippen molar-refractivity contribution in [3.8, 4) is 0 Å². The Labute approximate surface area is 127 Å². The summed E-state index contributed by atoms with van der Waals surface area (Å²) in [7, 11) is -3.37. The summed E-state index contributed by atoms with van der Waals surface area (Å²) >= 11 is 0. The predicted octanol–water partition coefficient (Wildman–Crippen LogP) is 1.95. The average molecular weight is 311 g/mol. The van der Waals surface area contributed by atoms with Crippen molar-refractivity contribution in [3.63, 3.8) is 0 Å². The van der Waals surface area contributed by atoms with E-state index in [9.17, 15) is 8.42 Å². The summed E-state index contributed by atoms with van der Waals surface area (Å²) in [6, 6.07) is 2.21. The summed E-state index contributed by atoms with van der Waals surface area (Å²) in [6.07, 6.45) is 5.00. The van der Waals surface area contributed by atoms with Crippen LogP contribution in [0.25, 0.3) is 0 Å². The standard InChI is InChI=1S/C15H25N3O2S/c1-11(2)12-5-6-17(9-12)21(19,20)15-7-14(8-16)18(10-15)13-3-4-13/h7,10-13H,3-6,8-9,16H2,1-2H3. The second-order valence-electron chi connectivity index (χ2n) is 6.67. The van der Waals surface area contributed by atoms with Crippen LogP contribution in [0, 0.1) is 11.8 Å². The highest BCUT2D eigenvalue weighted by Gasteiger charge is 2.35. The molecule has 1 saturated heterocycles. The van der Waals surface area contributed by atoms with Crippen molar-refractivity contribution < 1.29 is 8.42 Å². The second kappa shape index (κ2) is 5.41. The van der Waals surface area contributed by atoms with Gasteiger partial charge in [-0.25, -0.2) is 8.42 Å². The summed E-state index contributed by atoms with van der Waals surface area (Å²) < 4.78 is 29.3. The summed E-state index contributed by atoms with van der Waals surface area (Å²) in [5.41, 5.74) is 6.69. The molecule has 118 valence electrons. The molecule has 5 nitrogen and oxygen atoms in total. The quantitative estimate of drug-likeness (QED) is 0.903. The maximum atomic E-state index is 12.8. The van der Waals surface area contributed by atoms with E-state index >= 15 is 0 Å². The van der Waals surface area contributed by atoms with Crippen LogP contribution in [0.1, 0.15) is 44.8 Å². The minimum absolute atomic E-state index is 0.390. The van der Waals surface area contributed by atoms with Gasteiger partial charge in [-0.15, -0.1) is 0 Å². The molecule has 0 amide bonds. The zero-order valence-electron chi connectivity index (χ0n) is 12.8. The van der Waals surface area contributed by atoms with E-state index in [-0.39, 0.29) is 0 Å². The molecular weight excluding hydrogens is 286 g/mol. The monoisotopic (exact) mass is 311 g/mol. The molecule has 2 N–H and O–H groups in total. The van der Waals surface area contributed by atoms with Crippen LogP contribution < -0.4 is 5.73 Å². The molecule has 1 atom stereocenters. The van der Waals surface area contributed by atoms with Gasteiger partial charge < -0.3 is 10.3 Å². The lowest BCUT2D eigenvalue weighted by atomic mass is 9.96. The average Bonchev–Trinajstić information content (AvgIpc) is 3.01. The minimum atomic E-state index is -3.37. The van der Waals surface area contributed by atoms with Crippen LogP contribution in [0.15, 0.2) is 17.2 Å². The Morgan fingerprint density at radius 3 is 2.57 bits per heavy atom. The molecule has 21 heavy (non-hydrogen) atoms. The molecule has 1 aliphatic carbocycles. The minimum Gasteiger partial charge on any atom is -0.346 e. The van der Waals surface area contributed by atoms with Gasteiger partial charge in [0.1, 0.15) is 4.90 Å². The van der Waals surface area contributed by atoms with Crippen LogP contribution >= 0.6 is 0 Å². The summed E-state index contributed by atoms with van der Waals surface area (Å²) in [5.74, 6) is 1.00. The van der Waals surface area contributed by atoms with E-state index in [0.717, 1.165) is 25.0 Å². The first kappa shape index (κ1) is 15.1. The third kappa shape index (κ3) is 2.76. The Morgan fingerprint density at radius 1 is 1.33 bits per heavy atom. The van der Waals surface area contributed by atoms with E-state index in [1.165, 1.54) is 0 Å². The number of rotatable bonds is 5. The van der Waals surface area contributed by atoms with Crippen LogP contribution in [-0.4, -0.2) is 30.4 Å². The Morgan fingerprint density at radius 2 is 2.05 bits per heavy atom. The molecule has 2 heterocycles. The van der Waals surface area contributed by atoms with E-state index < -0.39 is 10.0 Å². The highest BCUT2D eigenvalue weighted by Crippen LogP contribution is 2.38. The van der Waals surface area contributed by atoms with Gasteiger partial charge in [0.15, 0.2) is 0 Å². The Balaban J connectivity index is 1.85. The summed E-state index contributed by atoms with van der Waals surface area (Å²) in [4.78, 5) is 0.416. The van der Waals surface area contributed by atoms with Crippen LogP contribution in [0.3, 0.4) is 0 Å². The van der Waals surface area contributed by atoms with Gasteiger partial charge in [-0.2, -0.15) is 4.31 Å². The molecule has 2 aliphatic rings. The molecule has 3 rings (SSSR count). The van der Waals surface area contributed by atoms with Gasteiger partial charge in [0, 0.05) is 37.6 Å². The molecule has 6 heteroatoms. The molecule has 1 aromatic rings. The lowest BCUT2D eigenvalue weighted by Crippen LogP contribution is -2.29. The van der Waals surface area contributed by atoms with Gasteiger partial charge in [0.05, 0.1) is 0 Å². The first-order valence-electron chi connectivity index (χ1n) is 7.84. The van der Waals surface area contributed by atoms with Gasteiger partial charge in [-0.1, -0.05) is 13.8 Å². The number of aromatic nitrogens is 1. The Bertz CT molecular complexity index is 617. The summed E-state index contributed by atoms with van der Waals surface area (Å²) in [6.45, 7) is 6.00. The van der Waals surface area contributed by atoms with E-state index in [4.69, 9.17) is 5.73 Å². The first-order valence-corrected chi connectivity index (χ1v) is 9.28. The highest BCUT2D eigenvalue weighted by atomic mass is 32.2. The van der Waals surface area contributed by atoms with Crippen molar-refractivity contribution in [2.24, 2.45) is 17.6 Å². The van der Waals surface area contributed by atoms with Gasteiger partial charge in [0.25, 0.3) is 0 Å². The molecule has 1 aromatic heterocycles. The van der Waals surface area contributed by atoms with E-state index in [2.05, 4.69) is 18.4 Å². The predicted molar refractivity (Wildman–Crippen MR) is 82.3 cm³/mol. The molecule has 2 fully saturated rings. The zero-order chi connectivity index (χ0) is 15.2. The maximum Gasteiger partial charge on any atom is 0.244 e. The normalized spacial score (nSPS) is 24.1. The molecular formula is C15H25N3O2S. The fraction of sp³-hybridized carbons (Fsp3) is 0.733. The topological polar surface area (TPSA) is 68.3 Å². The number of sulfonamides is 1. The summed E-state index contributed by atoms with van der Waals surface area (Å²) in [5, 5.41) is 0. The molecule has 1 aliphatic heterocycles. The van der Waals surface area contributed by atoms with Crippen molar-refractivity contribution in [2.45, 2.75) is 50.6 Å². The van der Waals surface area contributed by atoms with E-state index in [0.29, 0.717) is 42.4 Å². The SMILES string of the molecule is CC(C)C1CCN(S(=O)(=O)c2cc(CN)n(C3CC3)c2)C1. The second-order valence-corrected chi connectivity index (χ2v) is 8.60. The lowest BCUT2D eigenvalue weighted by molar-refractivity contribution is 0.388. The fourth-order valence-electron chi connectivity index (χ4n) is 3.16. The zero-order valence-corrected chi connectivity index (χ0v) is 13.6. The highest BCUT2D eigenvalue weighted by molar-refractivity contribution is 7.89. The van der Waals surface area contributed by atoms with E-state index in [1.54, 1.807) is 16.6 Å². The molecule has 0 spiro atoms. The third-order valence-corrected chi connectivity index (χ3v) is 6.65. The molecule has 1 saturated carbocycles. The van der Waals surface area contributed by atoms with Gasteiger partial charge in [-0.3, -0.25) is 0 Å². The van der Waals surface area contributed by atoms with Crippen molar-refractivity contribution in [2.75, 3.05) is 13.1 Å².